The molecule has 1 nitrogen and oxygen atoms in total. The molecule has 1 aromatic carbocycles. The maximum absolute atomic E-state index is 9.42. The van der Waals surface area contributed by atoms with Gasteiger partial charge in [0.15, 0.2) is 0 Å². The van der Waals surface area contributed by atoms with Crippen molar-refractivity contribution < 1.29 is 0 Å². The summed E-state index contributed by atoms with van der Waals surface area (Å²) in [5.41, 5.74) is 1.60. The number of hydrogen-bond donors (Lipinski definition) is 0. The third kappa shape index (κ3) is 1.03. The van der Waals surface area contributed by atoms with Gasteiger partial charge >= 0.3 is 0 Å². The first kappa shape index (κ1) is 8.97. The van der Waals surface area contributed by atoms with Gasteiger partial charge in [0.2, 0.25) is 0 Å². The Bertz CT molecular complexity index is 405. The van der Waals surface area contributed by atoms with E-state index in [0.29, 0.717) is 0 Å². The fraction of sp³-hybridized carbons (Fsp3) is 0.500. The second-order valence-electron chi connectivity index (χ2n) is 5.00. The SMILES string of the molecule is N#CC1(C2(c3ccccc3)CC2)CCC1. The maximum Gasteiger partial charge on any atom is 0.0699 e. The van der Waals surface area contributed by atoms with E-state index in [1.54, 1.807) is 0 Å². The van der Waals surface area contributed by atoms with Crippen LogP contribution in [0.4, 0.5) is 0 Å². The van der Waals surface area contributed by atoms with Crippen LogP contribution in [0.2, 0.25) is 0 Å². The summed E-state index contributed by atoms with van der Waals surface area (Å²) < 4.78 is 0. The molecule has 0 aromatic heterocycles. The highest BCUT2D eigenvalue weighted by molar-refractivity contribution is 5.39. The van der Waals surface area contributed by atoms with E-state index in [9.17, 15) is 5.26 Å². The average molecular weight is 197 g/mol. The smallest absolute Gasteiger partial charge is 0.0699 e. The van der Waals surface area contributed by atoms with Crippen LogP contribution in [0.15, 0.2) is 30.3 Å². The van der Waals surface area contributed by atoms with Crippen molar-refractivity contribution >= 4 is 0 Å². The molecule has 1 heteroatoms. The summed E-state index contributed by atoms with van der Waals surface area (Å²) in [4.78, 5) is 0. The van der Waals surface area contributed by atoms with Gasteiger partial charge in [-0.2, -0.15) is 5.26 Å². The van der Waals surface area contributed by atoms with E-state index >= 15 is 0 Å². The van der Waals surface area contributed by atoms with Crippen molar-refractivity contribution in [2.75, 3.05) is 0 Å². The molecule has 0 bridgehead atoms. The van der Waals surface area contributed by atoms with Gasteiger partial charge in [0.25, 0.3) is 0 Å². The molecular formula is C14H15N. The zero-order valence-electron chi connectivity index (χ0n) is 8.87. The largest absolute Gasteiger partial charge is 0.198 e. The van der Waals surface area contributed by atoms with Gasteiger partial charge in [0.05, 0.1) is 11.5 Å². The molecule has 0 aliphatic heterocycles. The fourth-order valence-corrected chi connectivity index (χ4v) is 3.15. The zero-order valence-corrected chi connectivity index (χ0v) is 8.87. The molecule has 0 N–H and O–H groups in total. The summed E-state index contributed by atoms with van der Waals surface area (Å²) in [5.74, 6) is 0. The van der Waals surface area contributed by atoms with Gasteiger partial charge in [-0.25, -0.2) is 0 Å². The van der Waals surface area contributed by atoms with Crippen molar-refractivity contribution in [1.29, 1.82) is 5.26 Å². The predicted octanol–water partition coefficient (Wildman–Crippen LogP) is 3.41. The lowest BCUT2D eigenvalue weighted by atomic mass is 9.58. The molecule has 1 aromatic rings. The van der Waals surface area contributed by atoms with E-state index < -0.39 is 0 Å². The summed E-state index contributed by atoms with van der Waals surface area (Å²) in [6, 6.07) is 13.3. The minimum Gasteiger partial charge on any atom is -0.198 e. The van der Waals surface area contributed by atoms with Crippen LogP contribution in [0, 0.1) is 16.7 Å². The molecule has 3 rings (SSSR count). The maximum atomic E-state index is 9.42. The first-order valence-electron chi connectivity index (χ1n) is 5.80. The zero-order chi connectivity index (χ0) is 10.4. The Morgan fingerprint density at radius 1 is 1.00 bits per heavy atom. The minimum atomic E-state index is -0.0195. The minimum absolute atomic E-state index is 0.0195. The average Bonchev–Trinajstić information content (AvgIpc) is 3.00. The molecule has 2 aliphatic rings. The quantitative estimate of drug-likeness (QED) is 0.712. The molecule has 76 valence electrons. The van der Waals surface area contributed by atoms with Crippen LogP contribution in [0.5, 0.6) is 0 Å². The second-order valence-corrected chi connectivity index (χ2v) is 5.00. The summed E-state index contributed by atoms with van der Waals surface area (Å²) in [6.45, 7) is 0. The number of benzene rings is 1. The highest BCUT2D eigenvalue weighted by Crippen LogP contribution is 2.66. The van der Waals surface area contributed by atoms with Crippen LogP contribution in [-0.2, 0) is 5.41 Å². The van der Waals surface area contributed by atoms with Crippen molar-refractivity contribution in [2.24, 2.45) is 5.41 Å². The Labute approximate surface area is 90.7 Å². The highest BCUT2D eigenvalue weighted by Gasteiger charge is 2.62. The van der Waals surface area contributed by atoms with E-state index in [0.717, 1.165) is 12.8 Å². The Kier molecular flexibility index (Phi) is 1.71. The molecule has 15 heavy (non-hydrogen) atoms. The first-order valence-corrected chi connectivity index (χ1v) is 5.80. The van der Waals surface area contributed by atoms with Crippen LogP contribution in [0.25, 0.3) is 0 Å². The number of nitriles is 1. The van der Waals surface area contributed by atoms with E-state index in [4.69, 9.17) is 0 Å². The fourth-order valence-electron chi connectivity index (χ4n) is 3.15. The van der Waals surface area contributed by atoms with E-state index in [1.165, 1.54) is 24.8 Å². The van der Waals surface area contributed by atoms with Crippen LogP contribution in [-0.4, -0.2) is 0 Å². The molecular weight excluding hydrogens is 182 g/mol. The van der Waals surface area contributed by atoms with Crippen molar-refractivity contribution in [1.82, 2.24) is 0 Å². The van der Waals surface area contributed by atoms with Crippen LogP contribution in [0.3, 0.4) is 0 Å². The molecule has 2 aliphatic carbocycles. The number of rotatable bonds is 2. The van der Waals surface area contributed by atoms with Gasteiger partial charge in [0.1, 0.15) is 0 Å². The lowest BCUT2D eigenvalue weighted by Crippen LogP contribution is -2.40. The second kappa shape index (κ2) is 2.85. The topological polar surface area (TPSA) is 23.8 Å². The summed E-state index contributed by atoms with van der Waals surface area (Å²) in [7, 11) is 0. The Hall–Kier alpha value is -1.29. The van der Waals surface area contributed by atoms with Gasteiger partial charge < -0.3 is 0 Å². The molecule has 0 spiro atoms. The molecule has 0 heterocycles. The van der Waals surface area contributed by atoms with Crippen molar-refractivity contribution in [3.63, 3.8) is 0 Å². The third-order valence-electron chi connectivity index (χ3n) is 4.41. The first-order chi connectivity index (χ1) is 7.33. The van der Waals surface area contributed by atoms with Gasteiger partial charge in [0, 0.05) is 5.41 Å². The molecule has 0 unspecified atom stereocenters. The van der Waals surface area contributed by atoms with E-state index in [2.05, 4.69) is 36.4 Å². The van der Waals surface area contributed by atoms with Crippen molar-refractivity contribution in [3.05, 3.63) is 35.9 Å². The third-order valence-corrected chi connectivity index (χ3v) is 4.41. The molecule has 0 atom stereocenters. The van der Waals surface area contributed by atoms with Gasteiger partial charge in [-0.15, -0.1) is 0 Å². The van der Waals surface area contributed by atoms with Crippen LogP contribution < -0.4 is 0 Å². The monoisotopic (exact) mass is 197 g/mol. The van der Waals surface area contributed by atoms with Crippen molar-refractivity contribution in [3.8, 4) is 6.07 Å². The van der Waals surface area contributed by atoms with Crippen LogP contribution in [0.1, 0.15) is 37.7 Å². The molecule has 0 amide bonds. The Morgan fingerprint density at radius 2 is 1.67 bits per heavy atom. The lowest BCUT2D eigenvalue weighted by Gasteiger charge is -2.43. The van der Waals surface area contributed by atoms with Crippen LogP contribution >= 0.6 is 0 Å². The number of hydrogen-bond acceptors (Lipinski definition) is 1. The van der Waals surface area contributed by atoms with Crippen molar-refractivity contribution in [2.45, 2.75) is 37.5 Å². The standard InChI is InChI=1S/C14H15N/c15-11-13(7-4-8-13)14(9-10-14)12-5-2-1-3-6-12/h1-3,5-6H,4,7-10H2. The van der Waals surface area contributed by atoms with Gasteiger partial charge in [-0.1, -0.05) is 36.8 Å². The lowest BCUT2D eigenvalue weighted by molar-refractivity contribution is 0.150. The van der Waals surface area contributed by atoms with E-state index in [-0.39, 0.29) is 10.8 Å². The molecule has 2 fully saturated rings. The van der Waals surface area contributed by atoms with E-state index in [1.807, 2.05) is 0 Å². The summed E-state index contributed by atoms with van der Waals surface area (Å²) in [6.07, 6.45) is 5.88. The normalized spacial score (nSPS) is 25.0. The summed E-state index contributed by atoms with van der Waals surface area (Å²) in [5, 5.41) is 9.42. The number of nitrogens with zero attached hydrogens (tertiary/aromatic N) is 1. The summed E-state index contributed by atoms with van der Waals surface area (Å²) >= 11 is 0. The Morgan fingerprint density at radius 3 is 2.07 bits per heavy atom. The molecule has 0 saturated heterocycles. The predicted molar refractivity (Wildman–Crippen MR) is 59.3 cm³/mol. The van der Waals surface area contributed by atoms with Gasteiger partial charge in [-0.05, 0) is 31.2 Å². The highest BCUT2D eigenvalue weighted by atomic mass is 14.6. The Balaban J connectivity index is 2.02. The molecule has 2 saturated carbocycles. The van der Waals surface area contributed by atoms with Gasteiger partial charge in [-0.3, -0.25) is 0 Å². The molecule has 0 radical (unpaired) electrons.